The number of rotatable bonds is 6. The largest absolute Gasteiger partial charge is 0.345 e. The summed E-state index contributed by atoms with van der Waals surface area (Å²) in [4.78, 5) is 13.2. The van der Waals surface area contributed by atoms with E-state index in [2.05, 4.69) is 11.4 Å². The molecule has 1 N–H and O–H groups in total. The van der Waals surface area contributed by atoms with Gasteiger partial charge in [0, 0.05) is 7.05 Å². The van der Waals surface area contributed by atoms with Gasteiger partial charge in [0.1, 0.15) is 0 Å². The number of carbonyl (C=O) groups excluding carboxylic acids is 1. The molecule has 3 rings (SSSR count). The second-order valence-corrected chi connectivity index (χ2v) is 9.33. The highest BCUT2D eigenvalue weighted by Crippen LogP contribution is 2.26. The van der Waals surface area contributed by atoms with Crippen molar-refractivity contribution in [2.24, 2.45) is 0 Å². The maximum absolute atomic E-state index is 13.1. The Morgan fingerprint density at radius 3 is 2.23 bits per heavy atom. The molecule has 1 amide bonds. The van der Waals surface area contributed by atoms with Gasteiger partial charge >= 0.3 is 0 Å². The van der Waals surface area contributed by atoms with Crippen LogP contribution in [0.1, 0.15) is 40.0 Å². The zero-order valence-corrected chi connectivity index (χ0v) is 18.4. The van der Waals surface area contributed by atoms with Gasteiger partial charge in [-0.2, -0.15) is 0 Å². The number of nitrogens with zero attached hydrogens (tertiary/aromatic N) is 1. The quantitative estimate of drug-likeness (QED) is 0.630. The molecule has 3 aromatic rings. The van der Waals surface area contributed by atoms with Gasteiger partial charge in [0.2, 0.25) is 0 Å². The van der Waals surface area contributed by atoms with Gasteiger partial charge in [0.05, 0.1) is 22.2 Å². The van der Waals surface area contributed by atoms with Crippen LogP contribution >= 0.6 is 0 Å². The van der Waals surface area contributed by atoms with Crippen LogP contribution in [-0.4, -0.2) is 21.4 Å². The fraction of sp³-hybridized carbons (Fsp3) is 0.208. The molecular weight excluding hydrogens is 396 g/mol. The van der Waals surface area contributed by atoms with Crippen LogP contribution in [0.25, 0.3) is 0 Å². The smallest absolute Gasteiger partial charge is 0.264 e. The lowest BCUT2D eigenvalue weighted by atomic mass is 10.00. The maximum atomic E-state index is 13.1. The Kier molecular flexibility index (Phi) is 6.27. The summed E-state index contributed by atoms with van der Waals surface area (Å²) in [5.74, 6) is -0.326. The number of benzene rings is 3. The third kappa shape index (κ3) is 4.39. The molecule has 0 fully saturated rings. The number of amides is 1. The first-order valence-corrected chi connectivity index (χ1v) is 11.2. The minimum absolute atomic E-state index is 0.173. The van der Waals surface area contributed by atoms with Crippen LogP contribution in [0.15, 0.2) is 77.7 Å². The molecule has 0 saturated heterocycles. The molecule has 0 radical (unpaired) electrons. The molecule has 0 bridgehead atoms. The topological polar surface area (TPSA) is 66.5 Å². The monoisotopic (exact) mass is 422 g/mol. The Morgan fingerprint density at radius 2 is 1.57 bits per heavy atom. The summed E-state index contributed by atoms with van der Waals surface area (Å²) in [5.41, 5.74) is 3.91. The van der Waals surface area contributed by atoms with Crippen LogP contribution < -0.4 is 9.62 Å². The van der Waals surface area contributed by atoms with Crippen molar-refractivity contribution in [2.75, 3.05) is 11.4 Å². The van der Waals surface area contributed by atoms with E-state index in [0.717, 1.165) is 21.0 Å². The number of hydrogen-bond donors (Lipinski definition) is 1. The highest BCUT2D eigenvalue weighted by atomic mass is 32.2. The van der Waals surface area contributed by atoms with Crippen LogP contribution in [0.4, 0.5) is 5.69 Å². The van der Waals surface area contributed by atoms with Gasteiger partial charge in [0.25, 0.3) is 15.9 Å². The van der Waals surface area contributed by atoms with Crippen LogP contribution in [0.3, 0.4) is 0 Å². The molecule has 5 nitrogen and oxygen atoms in total. The molecule has 156 valence electrons. The number of nitrogens with one attached hydrogen (secondary N) is 1. The molecule has 0 unspecified atom stereocenters. The minimum Gasteiger partial charge on any atom is -0.345 e. The number of aryl methyl sites for hydroxylation is 2. The lowest BCUT2D eigenvalue weighted by Crippen LogP contribution is -2.32. The fourth-order valence-electron chi connectivity index (χ4n) is 3.48. The number of para-hydroxylation sites is 1. The first kappa shape index (κ1) is 21.6. The molecular formula is C24H26N2O3S. The summed E-state index contributed by atoms with van der Waals surface area (Å²) < 4.78 is 27.2. The van der Waals surface area contributed by atoms with Crippen molar-refractivity contribution >= 4 is 21.6 Å². The van der Waals surface area contributed by atoms with Gasteiger partial charge in [-0.25, -0.2) is 8.42 Å². The van der Waals surface area contributed by atoms with Crippen LogP contribution in [-0.2, 0) is 10.0 Å². The van der Waals surface area contributed by atoms with Crippen molar-refractivity contribution in [1.29, 1.82) is 0 Å². The molecule has 0 aliphatic rings. The fourth-order valence-corrected chi connectivity index (χ4v) is 4.72. The van der Waals surface area contributed by atoms with Gasteiger partial charge < -0.3 is 5.32 Å². The molecule has 30 heavy (non-hydrogen) atoms. The first-order valence-electron chi connectivity index (χ1n) is 9.73. The van der Waals surface area contributed by atoms with E-state index in [-0.39, 0.29) is 16.8 Å². The third-order valence-electron chi connectivity index (χ3n) is 5.13. The summed E-state index contributed by atoms with van der Waals surface area (Å²) in [6.45, 7) is 5.96. The van der Waals surface area contributed by atoms with Gasteiger partial charge in [0.15, 0.2) is 0 Å². The van der Waals surface area contributed by atoms with E-state index in [4.69, 9.17) is 0 Å². The molecule has 0 aliphatic carbocycles. The van der Waals surface area contributed by atoms with Gasteiger partial charge in [-0.05, 0) is 56.2 Å². The van der Waals surface area contributed by atoms with E-state index in [1.807, 2.05) is 32.9 Å². The predicted octanol–water partition coefficient (Wildman–Crippen LogP) is 4.62. The standard InChI is InChI=1S/C24H26N2O3S/c1-17-14-15-21(18(2)16-17)19(3)25-24(27)22-12-8-9-13-23(22)26(4)30(28,29)20-10-6-5-7-11-20/h5-16,19H,1-4H3,(H,25,27)/t19-/m0/s1. The van der Waals surface area contributed by atoms with Crippen molar-refractivity contribution in [3.8, 4) is 0 Å². The van der Waals surface area contributed by atoms with E-state index < -0.39 is 10.0 Å². The van der Waals surface area contributed by atoms with Gasteiger partial charge in [-0.3, -0.25) is 9.10 Å². The summed E-state index contributed by atoms with van der Waals surface area (Å²) in [7, 11) is -2.33. The normalized spacial score (nSPS) is 12.3. The number of anilines is 1. The van der Waals surface area contributed by atoms with Crippen molar-refractivity contribution in [1.82, 2.24) is 5.32 Å². The summed E-state index contributed by atoms with van der Waals surface area (Å²) in [6.07, 6.45) is 0. The molecule has 0 spiro atoms. The van der Waals surface area contributed by atoms with Crippen molar-refractivity contribution < 1.29 is 13.2 Å². The second-order valence-electron chi connectivity index (χ2n) is 7.36. The van der Waals surface area contributed by atoms with Gasteiger partial charge in [-0.1, -0.05) is 54.1 Å². The average molecular weight is 423 g/mol. The van der Waals surface area contributed by atoms with Crippen LogP contribution in [0.5, 0.6) is 0 Å². The number of hydrogen-bond acceptors (Lipinski definition) is 3. The molecule has 0 saturated carbocycles. The lowest BCUT2D eigenvalue weighted by Gasteiger charge is -2.23. The molecule has 6 heteroatoms. The Labute approximate surface area is 178 Å². The molecule has 0 aromatic heterocycles. The molecule has 1 atom stereocenters. The summed E-state index contributed by atoms with van der Waals surface area (Å²) in [5, 5.41) is 3.00. The zero-order valence-electron chi connectivity index (χ0n) is 17.6. The van der Waals surface area contributed by atoms with Crippen molar-refractivity contribution in [3.05, 3.63) is 95.1 Å². The summed E-state index contributed by atoms with van der Waals surface area (Å²) >= 11 is 0. The highest BCUT2D eigenvalue weighted by Gasteiger charge is 2.25. The SMILES string of the molecule is Cc1ccc([C@H](C)NC(=O)c2ccccc2N(C)S(=O)(=O)c2ccccc2)c(C)c1. The number of sulfonamides is 1. The Balaban J connectivity index is 1.90. The van der Waals surface area contributed by atoms with Crippen LogP contribution in [0.2, 0.25) is 0 Å². The Morgan fingerprint density at radius 1 is 0.933 bits per heavy atom. The third-order valence-corrected chi connectivity index (χ3v) is 6.91. The number of carbonyl (C=O) groups is 1. The lowest BCUT2D eigenvalue weighted by molar-refractivity contribution is 0.0940. The van der Waals surface area contributed by atoms with Crippen LogP contribution in [0, 0.1) is 13.8 Å². The van der Waals surface area contributed by atoms with Gasteiger partial charge in [-0.15, -0.1) is 0 Å². The summed E-state index contributed by atoms with van der Waals surface area (Å²) in [6, 6.07) is 20.8. The molecule has 3 aromatic carbocycles. The maximum Gasteiger partial charge on any atom is 0.264 e. The van der Waals surface area contributed by atoms with Crippen molar-refractivity contribution in [3.63, 3.8) is 0 Å². The second kappa shape index (κ2) is 8.71. The van der Waals surface area contributed by atoms with E-state index in [1.54, 1.807) is 42.5 Å². The van der Waals surface area contributed by atoms with E-state index in [1.165, 1.54) is 19.2 Å². The minimum atomic E-state index is -3.79. The Bertz CT molecular complexity index is 1160. The molecule has 0 aliphatic heterocycles. The van der Waals surface area contributed by atoms with Crippen molar-refractivity contribution in [2.45, 2.75) is 31.7 Å². The zero-order chi connectivity index (χ0) is 21.9. The van der Waals surface area contributed by atoms with E-state index >= 15 is 0 Å². The molecule has 0 heterocycles. The Hall–Kier alpha value is -3.12. The average Bonchev–Trinajstić information content (AvgIpc) is 2.73. The predicted molar refractivity (Wildman–Crippen MR) is 120 cm³/mol. The highest BCUT2D eigenvalue weighted by molar-refractivity contribution is 7.92. The van der Waals surface area contributed by atoms with E-state index in [9.17, 15) is 13.2 Å². The first-order chi connectivity index (χ1) is 14.2. The van der Waals surface area contributed by atoms with E-state index in [0.29, 0.717) is 11.3 Å².